The summed E-state index contributed by atoms with van der Waals surface area (Å²) in [6, 6.07) is 13.8. The molecule has 2 aliphatic rings. The lowest BCUT2D eigenvalue weighted by molar-refractivity contribution is -0.149. The Balaban J connectivity index is 1.63. The Morgan fingerprint density at radius 2 is 1.59 bits per heavy atom. The maximum atomic E-state index is 13.7. The van der Waals surface area contributed by atoms with Crippen LogP contribution in [0.2, 0.25) is 5.02 Å². The van der Waals surface area contributed by atoms with Crippen molar-refractivity contribution in [1.82, 2.24) is 4.90 Å². The van der Waals surface area contributed by atoms with Gasteiger partial charge in [0.05, 0.1) is 16.4 Å². The summed E-state index contributed by atoms with van der Waals surface area (Å²) < 4.78 is 23.7. The Hall–Kier alpha value is -2.38. The number of rotatable bonds is 4. The lowest BCUT2D eigenvalue weighted by atomic mass is 9.62. The van der Waals surface area contributed by atoms with Gasteiger partial charge in [-0.25, -0.2) is 8.42 Å². The van der Waals surface area contributed by atoms with Gasteiger partial charge in [-0.3, -0.25) is 9.59 Å². The van der Waals surface area contributed by atoms with Crippen LogP contribution in [-0.2, 0) is 19.4 Å². The molecule has 1 spiro atoms. The Morgan fingerprint density at radius 1 is 1.03 bits per heavy atom. The van der Waals surface area contributed by atoms with Crippen molar-refractivity contribution in [1.29, 1.82) is 0 Å². The van der Waals surface area contributed by atoms with Crippen LogP contribution in [0.4, 0.5) is 5.69 Å². The number of benzene rings is 2. The fourth-order valence-electron chi connectivity index (χ4n) is 5.10. The summed E-state index contributed by atoms with van der Waals surface area (Å²) in [6.45, 7) is 7.25. The van der Waals surface area contributed by atoms with Gasteiger partial charge in [0.2, 0.25) is 11.8 Å². The zero-order valence-electron chi connectivity index (χ0n) is 20.0. The SMILES string of the molecule is CC(C)(C)CC(=O)N1CCC2(CC1)C(=O)N(c1ccc(S(C)(=O)=O)cc1)C2c1ccc(Cl)cc1. The second-order valence-corrected chi connectivity index (χ2v) is 13.1. The molecule has 0 radical (unpaired) electrons. The van der Waals surface area contributed by atoms with Gasteiger partial charge >= 0.3 is 0 Å². The van der Waals surface area contributed by atoms with Gasteiger partial charge in [-0.15, -0.1) is 0 Å². The minimum atomic E-state index is -3.33. The topological polar surface area (TPSA) is 74.8 Å². The molecule has 2 aromatic carbocycles. The summed E-state index contributed by atoms with van der Waals surface area (Å²) >= 11 is 6.12. The summed E-state index contributed by atoms with van der Waals surface area (Å²) in [5.41, 5.74) is 0.959. The highest BCUT2D eigenvalue weighted by Gasteiger charge is 2.62. The van der Waals surface area contributed by atoms with Crippen LogP contribution in [0.5, 0.6) is 0 Å². The molecule has 1 unspecified atom stereocenters. The highest BCUT2D eigenvalue weighted by molar-refractivity contribution is 7.90. The second kappa shape index (κ2) is 8.68. The van der Waals surface area contributed by atoms with Crippen LogP contribution in [0.15, 0.2) is 53.4 Å². The number of carbonyl (C=O) groups is 2. The number of likely N-dealkylation sites (tertiary alicyclic amines) is 1. The van der Waals surface area contributed by atoms with E-state index in [1.165, 1.54) is 12.1 Å². The lowest BCUT2D eigenvalue weighted by Crippen LogP contribution is -2.67. The van der Waals surface area contributed by atoms with Crippen molar-refractivity contribution < 1.29 is 18.0 Å². The average molecular weight is 503 g/mol. The van der Waals surface area contributed by atoms with Crippen molar-refractivity contribution in [2.24, 2.45) is 10.8 Å². The molecular weight excluding hydrogens is 472 g/mol. The quantitative estimate of drug-likeness (QED) is 0.558. The third kappa shape index (κ3) is 4.60. The Labute approximate surface area is 206 Å². The summed E-state index contributed by atoms with van der Waals surface area (Å²) in [5, 5.41) is 0.620. The maximum absolute atomic E-state index is 13.7. The molecule has 2 aliphatic heterocycles. The van der Waals surface area contributed by atoms with Gasteiger partial charge in [0.25, 0.3) is 0 Å². The summed E-state index contributed by atoms with van der Waals surface area (Å²) in [4.78, 5) is 30.3. The van der Waals surface area contributed by atoms with E-state index in [2.05, 4.69) is 20.8 Å². The van der Waals surface area contributed by atoms with Crippen LogP contribution in [0, 0.1) is 10.8 Å². The van der Waals surface area contributed by atoms with Crippen molar-refractivity contribution in [2.45, 2.75) is 51.0 Å². The summed E-state index contributed by atoms with van der Waals surface area (Å²) in [6.07, 6.45) is 2.82. The van der Waals surface area contributed by atoms with E-state index >= 15 is 0 Å². The zero-order chi connectivity index (χ0) is 24.9. The Morgan fingerprint density at radius 3 is 2.09 bits per heavy atom. The molecule has 2 aromatic rings. The van der Waals surface area contributed by atoms with Gasteiger partial charge in [-0.1, -0.05) is 44.5 Å². The molecule has 6 nitrogen and oxygen atoms in total. The fraction of sp³-hybridized carbons (Fsp3) is 0.462. The monoisotopic (exact) mass is 502 g/mol. The van der Waals surface area contributed by atoms with E-state index in [1.54, 1.807) is 17.0 Å². The van der Waals surface area contributed by atoms with E-state index in [4.69, 9.17) is 11.6 Å². The normalized spacial score (nSPS) is 20.4. The minimum Gasteiger partial charge on any atom is -0.343 e. The maximum Gasteiger partial charge on any atom is 0.236 e. The fourth-order valence-corrected chi connectivity index (χ4v) is 5.85. The predicted molar refractivity (Wildman–Crippen MR) is 134 cm³/mol. The van der Waals surface area contributed by atoms with Crippen molar-refractivity contribution in [3.63, 3.8) is 0 Å². The van der Waals surface area contributed by atoms with Crippen LogP contribution in [0.3, 0.4) is 0 Å². The number of β-lactam (4-membered cyclic amide) rings is 1. The van der Waals surface area contributed by atoms with Crippen LogP contribution >= 0.6 is 11.6 Å². The molecule has 1 atom stereocenters. The highest BCUT2D eigenvalue weighted by Crippen LogP contribution is 2.57. The number of anilines is 1. The summed E-state index contributed by atoms with van der Waals surface area (Å²) in [7, 11) is -3.33. The third-order valence-electron chi connectivity index (χ3n) is 6.85. The molecule has 2 saturated heterocycles. The molecule has 2 amide bonds. The molecule has 8 heteroatoms. The number of hydrogen-bond acceptors (Lipinski definition) is 4. The van der Waals surface area contributed by atoms with E-state index in [1.807, 2.05) is 29.2 Å². The molecule has 182 valence electrons. The first-order chi connectivity index (χ1) is 15.8. The molecule has 4 rings (SSSR count). The van der Waals surface area contributed by atoms with Crippen molar-refractivity contribution in [3.05, 3.63) is 59.1 Å². The van der Waals surface area contributed by atoms with Gasteiger partial charge in [-0.05, 0) is 60.2 Å². The van der Waals surface area contributed by atoms with Gasteiger partial charge in [0.1, 0.15) is 0 Å². The van der Waals surface area contributed by atoms with Gasteiger partial charge in [0, 0.05) is 36.5 Å². The zero-order valence-corrected chi connectivity index (χ0v) is 21.6. The Bertz CT molecular complexity index is 1190. The largest absolute Gasteiger partial charge is 0.343 e. The van der Waals surface area contributed by atoms with E-state index in [0.717, 1.165) is 11.8 Å². The average Bonchev–Trinajstić information content (AvgIpc) is 2.76. The number of carbonyl (C=O) groups excluding carboxylic acids is 2. The molecule has 0 N–H and O–H groups in total. The van der Waals surface area contributed by atoms with E-state index in [-0.39, 0.29) is 28.2 Å². The van der Waals surface area contributed by atoms with E-state index < -0.39 is 15.3 Å². The summed E-state index contributed by atoms with van der Waals surface area (Å²) in [5.74, 6) is 0.146. The molecule has 0 aliphatic carbocycles. The molecule has 0 bridgehead atoms. The number of halogens is 1. The van der Waals surface area contributed by atoms with Crippen molar-refractivity contribution in [2.75, 3.05) is 24.2 Å². The highest BCUT2D eigenvalue weighted by atomic mass is 35.5. The van der Waals surface area contributed by atoms with Gasteiger partial charge < -0.3 is 9.80 Å². The molecule has 0 aromatic heterocycles. The van der Waals surface area contributed by atoms with Crippen molar-refractivity contribution >= 4 is 38.9 Å². The number of piperidine rings is 1. The van der Waals surface area contributed by atoms with Crippen LogP contribution in [-0.4, -0.2) is 44.5 Å². The first-order valence-corrected chi connectivity index (χ1v) is 13.8. The molecule has 2 heterocycles. The standard InChI is InChI=1S/C26H31ClN2O4S/c1-25(2,3)17-22(30)28-15-13-26(14-16-28)23(18-5-7-19(27)8-6-18)29(24(26)31)20-9-11-21(12-10-20)34(4,32)33/h5-12,23H,13-17H2,1-4H3. The van der Waals surface area contributed by atoms with Crippen LogP contribution in [0.25, 0.3) is 0 Å². The van der Waals surface area contributed by atoms with E-state index in [9.17, 15) is 18.0 Å². The number of hydrogen-bond donors (Lipinski definition) is 0. The van der Waals surface area contributed by atoms with Crippen LogP contribution in [0.1, 0.15) is 51.6 Å². The lowest BCUT2D eigenvalue weighted by Gasteiger charge is -2.59. The smallest absolute Gasteiger partial charge is 0.236 e. The molecular formula is C26H31ClN2O4S. The molecule has 0 saturated carbocycles. The van der Waals surface area contributed by atoms with E-state index in [0.29, 0.717) is 43.1 Å². The first-order valence-electron chi connectivity index (χ1n) is 11.5. The van der Waals surface area contributed by atoms with Gasteiger partial charge in [0.15, 0.2) is 9.84 Å². The second-order valence-electron chi connectivity index (χ2n) is 10.7. The first kappa shape index (κ1) is 24.7. The van der Waals surface area contributed by atoms with Gasteiger partial charge in [-0.2, -0.15) is 0 Å². The van der Waals surface area contributed by atoms with Crippen molar-refractivity contribution in [3.8, 4) is 0 Å². The molecule has 2 fully saturated rings. The third-order valence-corrected chi connectivity index (χ3v) is 8.23. The van der Waals surface area contributed by atoms with Crippen LogP contribution < -0.4 is 4.90 Å². The number of nitrogens with zero attached hydrogens (tertiary/aromatic N) is 2. The predicted octanol–water partition coefficient (Wildman–Crippen LogP) is 4.88. The number of amides is 2. The number of sulfone groups is 1. The molecule has 34 heavy (non-hydrogen) atoms. The minimum absolute atomic E-state index is 0.0162. The Kier molecular flexibility index (Phi) is 6.32.